The number of carbonyl (C=O) groups is 3. The van der Waals surface area contributed by atoms with Gasteiger partial charge in [0.25, 0.3) is 0 Å². The van der Waals surface area contributed by atoms with Crippen LogP contribution in [0, 0.1) is 11.8 Å². The first-order chi connectivity index (χ1) is 25.7. The van der Waals surface area contributed by atoms with Gasteiger partial charge < -0.3 is 39.7 Å². The number of hydrogen-bond acceptors (Lipinski definition) is 8. The van der Waals surface area contributed by atoms with Crippen molar-refractivity contribution in [2.24, 2.45) is 11.8 Å². The number of benzene rings is 2. The number of aromatic nitrogens is 4. The van der Waals surface area contributed by atoms with Crippen LogP contribution in [0.2, 0.25) is 0 Å². The molecule has 4 heterocycles. The van der Waals surface area contributed by atoms with E-state index < -0.39 is 12.1 Å². The number of alkyl carbamates (subject to hydrolysis) is 1. The SMILES string of the molecule is COC(=O)N[C@@H](C(=O)N1CCC[C@H]1c1ncc(-c2ccc(-c3ccc(-c4cnc([C@@H]5CCC[C@H]5C(=O)N5CCOC[C@H]5CO)[nH]4)cc3)cc2)[nH]1)C(C)C. The van der Waals surface area contributed by atoms with Gasteiger partial charge in [0.05, 0.1) is 62.8 Å². The van der Waals surface area contributed by atoms with Crippen LogP contribution in [0.25, 0.3) is 33.6 Å². The van der Waals surface area contributed by atoms with E-state index in [0.29, 0.717) is 26.3 Å². The number of nitrogens with one attached hydrogen (secondary N) is 3. The number of aromatic amines is 2. The molecule has 3 amide bonds. The van der Waals surface area contributed by atoms with Gasteiger partial charge in [-0.25, -0.2) is 14.8 Å². The quantitative estimate of drug-likeness (QED) is 0.172. The lowest BCUT2D eigenvalue weighted by atomic mass is 9.93. The van der Waals surface area contributed by atoms with Crippen molar-refractivity contribution in [2.75, 3.05) is 40.0 Å². The molecule has 3 aliphatic rings. The molecule has 2 aromatic heterocycles. The largest absolute Gasteiger partial charge is 0.453 e. The van der Waals surface area contributed by atoms with Crippen LogP contribution in [0.15, 0.2) is 60.9 Å². The second-order valence-corrected chi connectivity index (χ2v) is 14.7. The van der Waals surface area contributed by atoms with Gasteiger partial charge in [-0.1, -0.05) is 68.8 Å². The van der Waals surface area contributed by atoms with E-state index in [4.69, 9.17) is 14.5 Å². The van der Waals surface area contributed by atoms with Crippen LogP contribution in [0.5, 0.6) is 0 Å². The number of amides is 3. The molecule has 0 radical (unpaired) electrons. The predicted octanol–water partition coefficient (Wildman–Crippen LogP) is 5.28. The van der Waals surface area contributed by atoms with E-state index in [9.17, 15) is 19.5 Å². The Bertz CT molecular complexity index is 1890. The fourth-order valence-corrected chi connectivity index (χ4v) is 8.09. The molecule has 3 fully saturated rings. The minimum atomic E-state index is -0.680. The average Bonchev–Trinajstić information content (AvgIpc) is 4.03. The van der Waals surface area contributed by atoms with Crippen LogP contribution >= 0.6 is 0 Å². The fourth-order valence-electron chi connectivity index (χ4n) is 8.09. The first-order valence-corrected chi connectivity index (χ1v) is 18.7. The van der Waals surface area contributed by atoms with Gasteiger partial charge in [-0.15, -0.1) is 0 Å². The third-order valence-corrected chi connectivity index (χ3v) is 11.1. The van der Waals surface area contributed by atoms with Gasteiger partial charge in [0.2, 0.25) is 11.8 Å². The number of methoxy groups -OCH3 is 1. The van der Waals surface area contributed by atoms with Gasteiger partial charge in [0, 0.05) is 24.9 Å². The molecule has 1 aliphatic carbocycles. The third-order valence-electron chi connectivity index (χ3n) is 11.1. The lowest BCUT2D eigenvalue weighted by molar-refractivity contribution is -0.146. The Kier molecular flexibility index (Phi) is 10.9. The molecule has 13 heteroatoms. The highest BCUT2D eigenvalue weighted by Crippen LogP contribution is 2.41. The minimum absolute atomic E-state index is 0.0225. The van der Waals surface area contributed by atoms with Crippen LogP contribution in [-0.4, -0.2) is 105 Å². The van der Waals surface area contributed by atoms with Crippen LogP contribution in [-0.2, 0) is 19.1 Å². The zero-order chi connectivity index (χ0) is 37.1. The van der Waals surface area contributed by atoms with E-state index in [1.165, 1.54) is 7.11 Å². The molecule has 0 spiro atoms. The molecular formula is C40H49N7O6. The summed E-state index contributed by atoms with van der Waals surface area (Å²) in [6.07, 6.45) is 7.38. The summed E-state index contributed by atoms with van der Waals surface area (Å²) in [6, 6.07) is 15.5. The van der Waals surface area contributed by atoms with E-state index in [2.05, 4.69) is 68.8 Å². The summed E-state index contributed by atoms with van der Waals surface area (Å²) in [6.45, 7) is 5.70. The van der Waals surface area contributed by atoms with Crippen molar-refractivity contribution < 1.29 is 29.0 Å². The van der Waals surface area contributed by atoms with Crippen molar-refractivity contribution in [3.05, 3.63) is 72.6 Å². The Balaban J connectivity index is 0.997. The number of nitrogens with zero attached hydrogens (tertiary/aromatic N) is 4. The molecule has 5 atom stereocenters. The van der Waals surface area contributed by atoms with Crippen molar-refractivity contribution in [3.63, 3.8) is 0 Å². The zero-order valence-corrected chi connectivity index (χ0v) is 30.6. The highest BCUT2D eigenvalue weighted by atomic mass is 16.5. The third kappa shape index (κ3) is 7.58. The summed E-state index contributed by atoms with van der Waals surface area (Å²) in [4.78, 5) is 59.0. The Labute approximate surface area is 309 Å². The number of morpholine rings is 1. The molecule has 53 heavy (non-hydrogen) atoms. The number of aliphatic hydroxyl groups is 1. The molecule has 0 bridgehead atoms. The van der Waals surface area contributed by atoms with Gasteiger partial charge in [0.1, 0.15) is 17.7 Å². The van der Waals surface area contributed by atoms with Crippen molar-refractivity contribution in [2.45, 2.75) is 70.0 Å². The molecular weight excluding hydrogens is 674 g/mol. The van der Waals surface area contributed by atoms with E-state index >= 15 is 0 Å². The van der Waals surface area contributed by atoms with Crippen LogP contribution in [0.3, 0.4) is 0 Å². The number of likely N-dealkylation sites (tertiary alicyclic amines) is 1. The molecule has 4 aromatic rings. The summed E-state index contributed by atoms with van der Waals surface area (Å²) < 4.78 is 10.2. The maximum absolute atomic E-state index is 13.6. The highest BCUT2D eigenvalue weighted by Gasteiger charge is 2.41. The Morgan fingerprint density at radius 2 is 1.49 bits per heavy atom. The van der Waals surface area contributed by atoms with Gasteiger partial charge in [0.15, 0.2) is 0 Å². The smallest absolute Gasteiger partial charge is 0.407 e. The van der Waals surface area contributed by atoms with Gasteiger partial charge >= 0.3 is 6.09 Å². The highest BCUT2D eigenvalue weighted by molar-refractivity contribution is 5.86. The molecule has 4 N–H and O–H groups in total. The summed E-state index contributed by atoms with van der Waals surface area (Å²) in [5, 5.41) is 12.5. The standard InChI is InChI=1S/C40H49N7O6/c1-24(2)35(45-40(51)52-3)39(50)47-17-5-8-34(47)37-42-21-33(44-37)28-15-11-26(12-16-28)25-9-13-27(14-10-25)32-20-41-36(43-32)30-6-4-7-31(30)38(49)46-18-19-53-23-29(46)22-48/h9-16,20-21,24,29-31,34-35,48H,4-8,17-19,22-23H2,1-3H3,(H,41,43)(H,42,44)(H,45,51)/t29-,30-,31-,34+,35-/m1/s1. The summed E-state index contributed by atoms with van der Waals surface area (Å²) >= 11 is 0. The van der Waals surface area contributed by atoms with Crippen molar-refractivity contribution in [1.29, 1.82) is 0 Å². The topological polar surface area (TPSA) is 166 Å². The number of aliphatic hydroxyl groups excluding tert-OH is 1. The predicted molar refractivity (Wildman–Crippen MR) is 198 cm³/mol. The van der Waals surface area contributed by atoms with E-state index in [1.54, 1.807) is 4.90 Å². The van der Waals surface area contributed by atoms with E-state index in [0.717, 1.165) is 77.4 Å². The second kappa shape index (κ2) is 15.9. The van der Waals surface area contributed by atoms with Gasteiger partial charge in [-0.05, 0) is 53.9 Å². The van der Waals surface area contributed by atoms with Crippen molar-refractivity contribution in [1.82, 2.24) is 35.1 Å². The molecule has 1 saturated carbocycles. The Morgan fingerprint density at radius 3 is 2.11 bits per heavy atom. The maximum atomic E-state index is 13.6. The number of rotatable bonds is 10. The van der Waals surface area contributed by atoms with Gasteiger partial charge in [-0.3, -0.25) is 9.59 Å². The van der Waals surface area contributed by atoms with Gasteiger partial charge in [-0.2, -0.15) is 0 Å². The Morgan fingerprint density at radius 1 is 0.868 bits per heavy atom. The number of hydrogen-bond donors (Lipinski definition) is 4. The molecule has 0 unspecified atom stereocenters. The van der Waals surface area contributed by atoms with Crippen molar-refractivity contribution >= 4 is 17.9 Å². The first kappa shape index (κ1) is 36.4. The van der Waals surface area contributed by atoms with E-state index in [-0.39, 0.29) is 48.3 Å². The maximum Gasteiger partial charge on any atom is 0.407 e. The average molecular weight is 724 g/mol. The second-order valence-electron chi connectivity index (χ2n) is 14.7. The molecule has 2 aromatic carbocycles. The summed E-state index contributed by atoms with van der Waals surface area (Å²) in [5.74, 6) is 1.30. The molecule has 13 nitrogen and oxygen atoms in total. The first-order valence-electron chi connectivity index (χ1n) is 18.7. The molecule has 280 valence electrons. The lowest BCUT2D eigenvalue weighted by Crippen LogP contribution is -2.52. The zero-order valence-electron chi connectivity index (χ0n) is 30.6. The number of ether oxygens (including phenoxy) is 2. The van der Waals surface area contributed by atoms with E-state index in [1.807, 2.05) is 31.1 Å². The van der Waals surface area contributed by atoms with Crippen LogP contribution < -0.4 is 5.32 Å². The monoisotopic (exact) mass is 723 g/mol. The normalized spacial score (nSPS) is 22.3. The minimum Gasteiger partial charge on any atom is -0.453 e. The number of H-pyrrole nitrogens is 2. The summed E-state index contributed by atoms with van der Waals surface area (Å²) in [7, 11) is 1.29. The number of imidazole rings is 2. The van der Waals surface area contributed by atoms with Crippen molar-refractivity contribution in [3.8, 4) is 33.6 Å². The molecule has 7 rings (SSSR count). The number of carbonyl (C=O) groups excluding carboxylic acids is 3. The van der Waals surface area contributed by atoms with Crippen LogP contribution in [0.4, 0.5) is 4.79 Å². The lowest BCUT2D eigenvalue weighted by Gasteiger charge is -2.37. The van der Waals surface area contributed by atoms with Crippen LogP contribution in [0.1, 0.15) is 69.6 Å². The fraction of sp³-hybridized carbons (Fsp3) is 0.475. The Hall–Kier alpha value is -5.01. The molecule has 2 aliphatic heterocycles. The molecule has 2 saturated heterocycles. The summed E-state index contributed by atoms with van der Waals surface area (Å²) in [5.41, 5.74) is 5.94.